The van der Waals surface area contributed by atoms with Crippen molar-refractivity contribution in [1.29, 1.82) is 0 Å². The molecule has 1 saturated carbocycles. The molecule has 0 spiro atoms. The SMILES string of the molecule is CCc1cc(C(=O)C2CC2)c(N)s1. The highest BCUT2D eigenvalue weighted by Crippen LogP contribution is 2.36. The lowest BCUT2D eigenvalue weighted by Gasteiger charge is -1.94. The van der Waals surface area contributed by atoms with Crippen LogP contribution in [-0.4, -0.2) is 5.78 Å². The minimum atomic E-state index is 0.258. The Bertz CT molecular complexity index is 339. The van der Waals surface area contributed by atoms with Gasteiger partial charge in [-0.25, -0.2) is 0 Å². The van der Waals surface area contributed by atoms with E-state index in [1.54, 1.807) is 11.3 Å². The topological polar surface area (TPSA) is 43.1 Å². The molecule has 2 N–H and O–H groups in total. The fourth-order valence-corrected chi connectivity index (χ4v) is 2.26. The quantitative estimate of drug-likeness (QED) is 0.753. The number of aryl methyl sites for hydroxylation is 1. The predicted molar refractivity (Wildman–Crippen MR) is 55.2 cm³/mol. The van der Waals surface area contributed by atoms with Crippen molar-refractivity contribution in [3.05, 3.63) is 16.5 Å². The van der Waals surface area contributed by atoms with Crippen LogP contribution in [-0.2, 0) is 6.42 Å². The summed E-state index contributed by atoms with van der Waals surface area (Å²) in [7, 11) is 0. The van der Waals surface area contributed by atoms with Gasteiger partial charge < -0.3 is 5.73 Å². The zero-order valence-corrected chi connectivity index (χ0v) is 8.49. The number of anilines is 1. The third-order valence-electron chi connectivity index (χ3n) is 2.37. The Kier molecular flexibility index (Phi) is 2.12. The molecule has 0 aromatic carbocycles. The summed E-state index contributed by atoms with van der Waals surface area (Å²) in [5, 5.41) is 0.703. The number of carbonyl (C=O) groups excluding carboxylic acids is 1. The molecule has 2 nitrogen and oxygen atoms in total. The lowest BCUT2D eigenvalue weighted by Crippen LogP contribution is -2.02. The van der Waals surface area contributed by atoms with Gasteiger partial charge in [-0.1, -0.05) is 6.92 Å². The molecule has 3 heteroatoms. The van der Waals surface area contributed by atoms with Crippen molar-refractivity contribution in [2.75, 3.05) is 5.73 Å². The van der Waals surface area contributed by atoms with Crippen LogP contribution in [0.5, 0.6) is 0 Å². The number of nitrogen functional groups attached to an aromatic ring is 1. The summed E-state index contributed by atoms with van der Waals surface area (Å²) in [5.74, 6) is 0.537. The molecular formula is C10H13NOS. The highest BCUT2D eigenvalue weighted by molar-refractivity contribution is 7.16. The lowest BCUT2D eigenvalue weighted by atomic mass is 10.1. The van der Waals surface area contributed by atoms with Gasteiger partial charge in [0.1, 0.15) is 0 Å². The normalized spacial score (nSPS) is 16.1. The molecule has 70 valence electrons. The highest BCUT2D eigenvalue weighted by Gasteiger charge is 2.32. The first kappa shape index (κ1) is 8.75. The average Bonchev–Trinajstić information content (AvgIpc) is 2.89. The monoisotopic (exact) mass is 195 g/mol. The van der Waals surface area contributed by atoms with E-state index >= 15 is 0 Å². The van der Waals surface area contributed by atoms with Crippen molar-refractivity contribution in [1.82, 2.24) is 0 Å². The molecule has 0 saturated heterocycles. The van der Waals surface area contributed by atoms with Crippen molar-refractivity contribution in [3.63, 3.8) is 0 Å². The third kappa shape index (κ3) is 1.61. The molecule has 1 aromatic rings. The fraction of sp³-hybridized carbons (Fsp3) is 0.500. The van der Waals surface area contributed by atoms with Gasteiger partial charge in [-0.05, 0) is 25.3 Å². The summed E-state index contributed by atoms with van der Waals surface area (Å²) in [4.78, 5) is 12.9. The summed E-state index contributed by atoms with van der Waals surface area (Å²) in [6.45, 7) is 2.08. The minimum Gasteiger partial charge on any atom is -0.390 e. The van der Waals surface area contributed by atoms with Crippen LogP contribution >= 0.6 is 11.3 Å². The van der Waals surface area contributed by atoms with Crippen molar-refractivity contribution in [3.8, 4) is 0 Å². The Balaban J connectivity index is 2.27. The smallest absolute Gasteiger partial charge is 0.168 e. The molecule has 1 fully saturated rings. The number of thiophene rings is 1. The Hall–Kier alpha value is -0.830. The number of rotatable bonds is 3. The van der Waals surface area contributed by atoms with E-state index < -0.39 is 0 Å². The zero-order chi connectivity index (χ0) is 9.42. The molecule has 0 radical (unpaired) electrons. The molecule has 1 aliphatic rings. The van der Waals surface area contributed by atoms with Crippen LogP contribution in [0.3, 0.4) is 0 Å². The first-order valence-corrected chi connectivity index (χ1v) is 5.46. The Labute approximate surface area is 81.8 Å². The van der Waals surface area contributed by atoms with Crippen LogP contribution in [0, 0.1) is 5.92 Å². The maximum absolute atomic E-state index is 11.7. The number of carbonyl (C=O) groups is 1. The molecule has 13 heavy (non-hydrogen) atoms. The molecule has 0 aliphatic heterocycles. The summed E-state index contributed by atoms with van der Waals surface area (Å²) >= 11 is 1.54. The second-order valence-corrected chi connectivity index (χ2v) is 4.65. The number of hydrogen-bond donors (Lipinski definition) is 1. The van der Waals surface area contributed by atoms with Gasteiger partial charge in [0.2, 0.25) is 0 Å². The van der Waals surface area contributed by atoms with Gasteiger partial charge in [-0.3, -0.25) is 4.79 Å². The zero-order valence-electron chi connectivity index (χ0n) is 7.67. The average molecular weight is 195 g/mol. The molecule has 0 amide bonds. The van der Waals surface area contributed by atoms with Crippen LogP contribution < -0.4 is 5.73 Å². The summed E-state index contributed by atoms with van der Waals surface area (Å²) in [5.41, 5.74) is 6.55. The predicted octanol–water partition coefficient (Wildman–Crippen LogP) is 2.49. The number of Topliss-reactive ketones (excluding diaryl/α,β-unsaturated/α-hetero) is 1. The van der Waals surface area contributed by atoms with E-state index in [2.05, 4.69) is 6.92 Å². The first-order chi connectivity index (χ1) is 6.22. The minimum absolute atomic E-state index is 0.258. The molecule has 0 unspecified atom stereocenters. The van der Waals surface area contributed by atoms with Crippen LogP contribution in [0.15, 0.2) is 6.07 Å². The van der Waals surface area contributed by atoms with E-state index in [0.29, 0.717) is 5.00 Å². The molecule has 0 atom stereocenters. The Morgan fingerprint density at radius 1 is 1.69 bits per heavy atom. The van der Waals surface area contributed by atoms with Crippen molar-refractivity contribution in [2.24, 2.45) is 5.92 Å². The molecule has 1 heterocycles. The molecule has 1 aliphatic carbocycles. The molecular weight excluding hydrogens is 182 g/mol. The Morgan fingerprint density at radius 3 is 2.85 bits per heavy atom. The van der Waals surface area contributed by atoms with Gasteiger partial charge in [-0.15, -0.1) is 11.3 Å². The molecule has 0 bridgehead atoms. The van der Waals surface area contributed by atoms with Crippen molar-refractivity contribution >= 4 is 22.1 Å². The lowest BCUT2D eigenvalue weighted by molar-refractivity contribution is 0.0969. The van der Waals surface area contributed by atoms with E-state index in [4.69, 9.17) is 5.73 Å². The van der Waals surface area contributed by atoms with Crippen LogP contribution in [0.2, 0.25) is 0 Å². The van der Waals surface area contributed by atoms with Crippen LogP contribution in [0.4, 0.5) is 5.00 Å². The van der Waals surface area contributed by atoms with E-state index in [1.807, 2.05) is 6.07 Å². The fourth-order valence-electron chi connectivity index (χ4n) is 1.39. The van der Waals surface area contributed by atoms with E-state index in [0.717, 1.165) is 24.8 Å². The second-order valence-electron chi connectivity index (χ2n) is 3.48. The summed E-state index contributed by atoms with van der Waals surface area (Å²) in [6, 6.07) is 1.96. The van der Waals surface area contributed by atoms with Gasteiger partial charge in [0, 0.05) is 10.8 Å². The largest absolute Gasteiger partial charge is 0.390 e. The second kappa shape index (κ2) is 3.14. The van der Waals surface area contributed by atoms with E-state index in [-0.39, 0.29) is 11.7 Å². The maximum Gasteiger partial charge on any atom is 0.168 e. The summed E-state index contributed by atoms with van der Waals surface area (Å²) in [6.07, 6.45) is 3.07. The third-order valence-corrected chi connectivity index (χ3v) is 3.48. The number of ketones is 1. The standard InChI is InChI=1S/C10H13NOS/c1-2-7-5-8(10(11)13-7)9(12)6-3-4-6/h5-6H,2-4,11H2,1H3. The van der Waals surface area contributed by atoms with Crippen molar-refractivity contribution < 1.29 is 4.79 Å². The van der Waals surface area contributed by atoms with Gasteiger partial charge in [0.25, 0.3) is 0 Å². The maximum atomic E-state index is 11.7. The summed E-state index contributed by atoms with van der Waals surface area (Å²) < 4.78 is 0. The van der Waals surface area contributed by atoms with Gasteiger partial charge in [-0.2, -0.15) is 0 Å². The Morgan fingerprint density at radius 2 is 2.38 bits per heavy atom. The van der Waals surface area contributed by atoms with Gasteiger partial charge in [0.15, 0.2) is 5.78 Å². The van der Waals surface area contributed by atoms with Crippen LogP contribution in [0.1, 0.15) is 35.0 Å². The highest BCUT2D eigenvalue weighted by atomic mass is 32.1. The molecule has 2 rings (SSSR count). The molecule has 1 aromatic heterocycles. The van der Waals surface area contributed by atoms with Gasteiger partial charge in [0.05, 0.1) is 10.6 Å². The van der Waals surface area contributed by atoms with Crippen LogP contribution in [0.25, 0.3) is 0 Å². The van der Waals surface area contributed by atoms with E-state index in [9.17, 15) is 4.79 Å². The number of hydrogen-bond acceptors (Lipinski definition) is 3. The van der Waals surface area contributed by atoms with Gasteiger partial charge >= 0.3 is 0 Å². The number of nitrogens with two attached hydrogens (primary N) is 1. The first-order valence-electron chi connectivity index (χ1n) is 4.64. The van der Waals surface area contributed by atoms with E-state index in [1.165, 1.54) is 4.88 Å². The van der Waals surface area contributed by atoms with Crippen molar-refractivity contribution in [2.45, 2.75) is 26.2 Å².